The Morgan fingerprint density at radius 3 is 2.85 bits per heavy atom. The summed E-state index contributed by atoms with van der Waals surface area (Å²) in [5.74, 6) is -0.165. The third-order valence-electron chi connectivity index (χ3n) is 4.10. The van der Waals surface area contributed by atoms with Gasteiger partial charge in [0.05, 0.1) is 22.6 Å². The number of pyridine rings is 1. The van der Waals surface area contributed by atoms with E-state index in [1.54, 1.807) is 6.20 Å². The van der Waals surface area contributed by atoms with E-state index >= 15 is 0 Å². The van der Waals surface area contributed by atoms with Crippen LogP contribution < -0.4 is 5.32 Å². The van der Waals surface area contributed by atoms with Crippen LogP contribution in [0.4, 0.5) is 5.69 Å². The molecular formula is C19H17N5OS. The summed E-state index contributed by atoms with van der Waals surface area (Å²) in [4.78, 5) is 22.1. The molecule has 7 heteroatoms. The van der Waals surface area contributed by atoms with E-state index in [-0.39, 0.29) is 5.91 Å². The summed E-state index contributed by atoms with van der Waals surface area (Å²) in [6.45, 7) is 3.79. The van der Waals surface area contributed by atoms with Gasteiger partial charge in [-0.1, -0.05) is 30.3 Å². The molecule has 0 saturated carbocycles. The van der Waals surface area contributed by atoms with E-state index in [1.807, 2.05) is 38.1 Å². The molecule has 0 aliphatic rings. The second kappa shape index (κ2) is 6.68. The van der Waals surface area contributed by atoms with Gasteiger partial charge in [0, 0.05) is 17.5 Å². The Bertz CT molecular complexity index is 1080. The van der Waals surface area contributed by atoms with Crippen molar-refractivity contribution in [2.24, 2.45) is 0 Å². The fraction of sp³-hybridized carbons (Fsp3) is 0.158. The van der Waals surface area contributed by atoms with Gasteiger partial charge in [0.25, 0.3) is 5.91 Å². The topological polar surface area (TPSA) is 83.6 Å². The average Bonchev–Trinajstić information content (AvgIpc) is 3.19. The average molecular weight is 363 g/mol. The first-order chi connectivity index (χ1) is 12.6. The molecule has 4 aromatic rings. The summed E-state index contributed by atoms with van der Waals surface area (Å²) in [7, 11) is 0. The van der Waals surface area contributed by atoms with Crippen LogP contribution >= 0.6 is 11.3 Å². The molecule has 0 radical (unpaired) electrons. The quantitative estimate of drug-likeness (QED) is 0.576. The third-order valence-corrected chi connectivity index (χ3v) is 5.26. The Labute approximate surface area is 154 Å². The minimum atomic E-state index is -0.165. The highest BCUT2D eigenvalue weighted by Crippen LogP contribution is 2.23. The predicted octanol–water partition coefficient (Wildman–Crippen LogP) is 3.87. The number of fused-ring (bicyclic) bond motifs is 1. The Kier molecular flexibility index (Phi) is 4.22. The Balaban J connectivity index is 1.54. The number of carbonyl (C=O) groups is 1. The number of thiazole rings is 1. The number of benzene rings is 1. The highest BCUT2D eigenvalue weighted by molar-refractivity contribution is 7.14. The van der Waals surface area contributed by atoms with Crippen LogP contribution in [0.3, 0.4) is 0 Å². The van der Waals surface area contributed by atoms with Gasteiger partial charge >= 0.3 is 0 Å². The zero-order valence-electron chi connectivity index (χ0n) is 14.4. The van der Waals surface area contributed by atoms with Crippen molar-refractivity contribution in [2.75, 3.05) is 5.32 Å². The first-order valence-corrected chi connectivity index (χ1v) is 9.04. The van der Waals surface area contributed by atoms with E-state index < -0.39 is 0 Å². The van der Waals surface area contributed by atoms with Gasteiger partial charge < -0.3 is 5.32 Å². The van der Waals surface area contributed by atoms with E-state index in [1.165, 1.54) is 16.9 Å². The minimum absolute atomic E-state index is 0.165. The molecule has 4 rings (SSSR count). The number of aromatic nitrogens is 4. The molecule has 26 heavy (non-hydrogen) atoms. The van der Waals surface area contributed by atoms with Crippen LogP contribution in [0.1, 0.15) is 31.6 Å². The first kappa shape index (κ1) is 16.4. The van der Waals surface area contributed by atoms with Crippen LogP contribution in [-0.4, -0.2) is 26.1 Å². The smallest absolute Gasteiger partial charge is 0.267 e. The zero-order chi connectivity index (χ0) is 18.1. The lowest BCUT2D eigenvalue weighted by Gasteiger charge is -2.03. The number of nitrogens with zero attached hydrogens (tertiary/aromatic N) is 3. The maximum atomic E-state index is 12.7. The molecule has 0 fully saturated rings. The van der Waals surface area contributed by atoms with Crippen LogP contribution in [-0.2, 0) is 6.42 Å². The van der Waals surface area contributed by atoms with Crippen molar-refractivity contribution >= 4 is 34.0 Å². The highest BCUT2D eigenvalue weighted by Gasteiger charge is 2.16. The SMILES string of the molecule is Cc1nc(Cc2ccccc2)sc1C(=O)Nc1cnc2n[nH]c(C)c2c1. The van der Waals surface area contributed by atoms with E-state index in [0.717, 1.165) is 28.2 Å². The van der Waals surface area contributed by atoms with Gasteiger partial charge in [0.1, 0.15) is 4.88 Å². The van der Waals surface area contributed by atoms with Crippen molar-refractivity contribution in [2.45, 2.75) is 20.3 Å². The summed E-state index contributed by atoms with van der Waals surface area (Å²) in [5, 5.41) is 11.7. The van der Waals surface area contributed by atoms with Crippen LogP contribution in [0, 0.1) is 13.8 Å². The number of aromatic amines is 1. The first-order valence-electron chi connectivity index (χ1n) is 8.22. The van der Waals surface area contributed by atoms with E-state index in [4.69, 9.17) is 0 Å². The van der Waals surface area contributed by atoms with Crippen molar-refractivity contribution < 1.29 is 4.79 Å². The second-order valence-corrected chi connectivity index (χ2v) is 7.17. The van der Waals surface area contributed by atoms with Crippen molar-refractivity contribution in [3.63, 3.8) is 0 Å². The number of carbonyl (C=O) groups excluding carboxylic acids is 1. The van der Waals surface area contributed by atoms with E-state index in [9.17, 15) is 4.79 Å². The molecule has 0 spiro atoms. The summed E-state index contributed by atoms with van der Waals surface area (Å²) in [5.41, 5.74) is 4.12. The number of anilines is 1. The van der Waals surface area contributed by atoms with Gasteiger partial charge in [-0.25, -0.2) is 9.97 Å². The zero-order valence-corrected chi connectivity index (χ0v) is 15.2. The van der Waals surface area contributed by atoms with Gasteiger partial charge in [-0.3, -0.25) is 9.89 Å². The number of aryl methyl sites for hydroxylation is 2. The van der Waals surface area contributed by atoms with Crippen molar-refractivity contribution in [1.29, 1.82) is 0 Å². The third kappa shape index (κ3) is 3.21. The van der Waals surface area contributed by atoms with Crippen LogP contribution in [0.2, 0.25) is 0 Å². The lowest BCUT2D eigenvalue weighted by atomic mass is 10.2. The molecule has 0 unspecified atom stereocenters. The fourth-order valence-electron chi connectivity index (χ4n) is 2.78. The number of nitrogens with one attached hydrogen (secondary N) is 2. The van der Waals surface area contributed by atoms with E-state index in [2.05, 4.69) is 37.6 Å². The standard InChI is InChI=1S/C19H17N5OS/c1-11-15-9-14(10-20-18(15)24-23-11)22-19(25)17-12(2)21-16(26-17)8-13-6-4-3-5-7-13/h3-7,9-10H,8H2,1-2H3,(H,22,25)(H,20,23,24). The monoisotopic (exact) mass is 363 g/mol. The van der Waals surface area contributed by atoms with Gasteiger partial charge in [0.15, 0.2) is 5.65 Å². The molecule has 2 N–H and O–H groups in total. The van der Waals surface area contributed by atoms with E-state index in [0.29, 0.717) is 16.2 Å². The van der Waals surface area contributed by atoms with Crippen LogP contribution in [0.5, 0.6) is 0 Å². The molecule has 3 aromatic heterocycles. The summed E-state index contributed by atoms with van der Waals surface area (Å²) < 4.78 is 0. The number of H-pyrrole nitrogens is 1. The molecule has 1 amide bonds. The van der Waals surface area contributed by atoms with Crippen LogP contribution in [0.25, 0.3) is 11.0 Å². The molecule has 130 valence electrons. The number of hydrogen-bond acceptors (Lipinski definition) is 5. The van der Waals surface area contributed by atoms with Gasteiger partial charge in [-0.2, -0.15) is 5.10 Å². The van der Waals surface area contributed by atoms with Crippen molar-refractivity contribution in [3.8, 4) is 0 Å². The molecule has 6 nitrogen and oxygen atoms in total. The maximum absolute atomic E-state index is 12.7. The normalized spacial score (nSPS) is 11.0. The predicted molar refractivity (Wildman–Crippen MR) is 103 cm³/mol. The second-order valence-electron chi connectivity index (χ2n) is 6.08. The minimum Gasteiger partial charge on any atom is -0.320 e. The largest absolute Gasteiger partial charge is 0.320 e. The summed E-state index contributed by atoms with van der Waals surface area (Å²) in [6.07, 6.45) is 2.34. The van der Waals surface area contributed by atoms with Crippen molar-refractivity contribution in [1.82, 2.24) is 20.2 Å². The highest BCUT2D eigenvalue weighted by atomic mass is 32.1. The van der Waals surface area contributed by atoms with Crippen molar-refractivity contribution in [3.05, 3.63) is 69.4 Å². The molecule has 0 aliphatic heterocycles. The number of rotatable bonds is 4. The Hall–Kier alpha value is -3.06. The molecular weight excluding hydrogens is 346 g/mol. The molecule has 1 aromatic carbocycles. The molecule has 0 atom stereocenters. The molecule has 0 aliphatic carbocycles. The van der Waals surface area contributed by atoms with Gasteiger partial charge in [-0.05, 0) is 25.5 Å². The molecule has 0 bridgehead atoms. The molecule has 3 heterocycles. The summed E-state index contributed by atoms with van der Waals surface area (Å²) in [6, 6.07) is 12.0. The fourth-order valence-corrected chi connectivity index (χ4v) is 3.78. The van der Waals surface area contributed by atoms with Crippen LogP contribution in [0.15, 0.2) is 42.6 Å². The lowest BCUT2D eigenvalue weighted by molar-refractivity contribution is 0.103. The summed E-state index contributed by atoms with van der Waals surface area (Å²) >= 11 is 1.43. The van der Waals surface area contributed by atoms with Gasteiger partial charge in [0.2, 0.25) is 0 Å². The molecule has 0 saturated heterocycles. The number of amides is 1. The Morgan fingerprint density at radius 2 is 2.04 bits per heavy atom. The number of hydrogen-bond donors (Lipinski definition) is 2. The lowest BCUT2D eigenvalue weighted by Crippen LogP contribution is -2.11. The van der Waals surface area contributed by atoms with Gasteiger partial charge in [-0.15, -0.1) is 11.3 Å². The maximum Gasteiger partial charge on any atom is 0.267 e. The Morgan fingerprint density at radius 1 is 1.23 bits per heavy atom.